The zero-order chi connectivity index (χ0) is 5.82. The summed E-state index contributed by atoms with van der Waals surface area (Å²) in [7, 11) is 0. The van der Waals surface area contributed by atoms with E-state index in [1.54, 1.807) is 6.26 Å². The minimum Gasteiger partial charge on any atom is -0.469 e. The van der Waals surface area contributed by atoms with Gasteiger partial charge in [0, 0.05) is 12.2 Å². The number of hydrogen-bond donors (Lipinski definition) is 0. The molecule has 1 nitrogen and oxygen atoms in total. The van der Waals surface area contributed by atoms with Crippen LogP contribution in [0.25, 0.3) is 0 Å². The molecule has 0 aliphatic heterocycles. The molecule has 0 aliphatic rings. The quantitative estimate of drug-likeness (QED) is 0.592. The van der Waals surface area contributed by atoms with Crippen LogP contribution in [0.4, 0.5) is 0 Å². The summed E-state index contributed by atoms with van der Waals surface area (Å²) in [6, 6.07) is 3.81. The molecule has 0 bridgehead atoms. The lowest BCUT2D eigenvalue weighted by atomic mass is 10.4. The average Bonchev–Trinajstić information content (AvgIpc) is 2.19. The monoisotopic (exact) mass is 127 g/mol. The Morgan fingerprint density at radius 2 is 2.50 bits per heavy atom. The van der Waals surface area contributed by atoms with Crippen LogP contribution in [0.3, 0.4) is 0 Å². The molecular weight excluding hydrogens is 120 g/mol. The first-order valence-electron chi connectivity index (χ1n) is 2.54. The van der Waals surface area contributed by atoms with Gasteiger partial charge in [0.2, 0.25) is 0 Å². The van der Waals surface area contributed by atoms with E-state index in [2.05, 4.69) is 0 Å². The maximum atomic E-state index is 5.01. The molecule has 1 heterocycles. The highest BCUT2D eigenvalue weighted by Crippen LogP contribution is 2.00. The number of hydrogen-bond acceptors (Lipinski definition) is 1. The van der Waals surface area contributed by atoms with Crippen molar-refractivity contribution in [1.29, 1.82) is 0 Å². The van der Waals surface area contributed by atoms with Gasteiger partial charge in [0.1, 0.15) is 5.76 Å². The summed E-state index contributed by atoms with van der Waals surface area (Å²) < 4.78 is 5.01. The summed E-state index contributed by atoms with van der Waals surface area (Å²) in [5, 5.41) is 0. The summed E-state index contributed by atoms with van der Waals surface area (Å²) in [6.07, 6.45) is 2.54. The third-order valence-electron chi connectivity index (χ3n) is 0.929. The molecule has 2 heteroatoms. The molecule has 0 N–H and O–H groups in total. The van der Waals surface area contributed by atoms with Gasteiger partial charge in [0.25, 0.3) is 0 Å². The van der Waals surface area contributed by atoms with Gasteiger partial charge in [-0.15, -0.1) is 0 Å². The van der Waals surface area contributed by atoms with E-state index in [1.807, 2.05) is 12.1 Å². The van der Waals surface area contributed by atoms with Gasteiger partial charge in [-0.25, -0.2) is 0 Å². The molecule has 1 rings (SSSR count). The van der Waals surface area contributed by atoms with Crippen LogP contribution in [0.5, 0.6) is 0 Å². The van der Waals surface area contributed by atoms with Gasteiger partial charge in [-0.3, -0.25) is 0 Å². The maximum Gasteiger partial charge on any atom is 0.104 e. The van der Waals surface area contributed by atoms with Crippen molar-refractivity contribution in [2.24, 2.45) is 0 Å². The second kappa shape index (κ2) is 2.82. The van der Waals surface area contributed by atoms with Crippen molar-refractivity contribution in [3.8, 4) is 0 Å². The van der Waals surface area contributed by atoms with Crippen molar-refractivity contribution in [2.75, 3.05) is 5.75 Å². The number of rotatable bonds is 2. The van der Waals surface area contributed by atoms with Crippen molar-refractivity contribution < 1.29 is 4.42 Å². The first kappa shape index (κ1) is 5.76. The van der Waals surface area contributed by atoms with Crippen molar-refractivity contribution in [3.05, 3.63) is 24.2 Å². The van der Waals surface area contributed by atoms with Crippen molar-refractivity contribution in [1.82, 2.24) is 0 Å². The Kier molecular flexibility index (Phi) is 2.03. The predicted octanol–water partition coefficient (Wildman–Crippen LogP) is 2.02. The third-order valence-corrected chi connectivity index (χ3v) is 1.13. The first-order chi connectivity index (χ1) is 3.93. The highest BCUT2D eigenvalue weighted by Gasteiger charge is 1.89. The Hall–Kier alpha value is -0.370. The molecule has 0 saturated carbocycles. The van der Waals surface area contributed by atoms with E-state index in [0.29, 0.717) is 0 Å². The van der Waals surface area contributed by atoms with E-state index in [0.717, 1.165) is 17.9 Å². The zero-order valence-corrected chi connectivity index (χ0v) is 5.28. The highest BCUT2D eigenvalue weighted by molar-refractivity contribution is 7.80. The van der Waals surface area contributed by atoms with Crippen molar-refractivity contribution >= 4 is 12.6 Å². The Morgan fingerprint density at radius 3 is 3.00 bits per heavy atom. The minimum absolute atomic E-state index is 0.744. The molecule has 0 atom stereocenters. The fourth-order valence-electron chi connectivity index (χ4n) is 0.555. The Morgan fingerprint density at radius 1 is 1.62 bits per heavy atom. The van der Waals surface area contributed by atoms with Gasteiger partial charge >= 0.3 is 0 Å². The van der Waals surface area contributed by atoms with E-state index in [-0.39, 0.29) is 0 Å². The van der Waals surface area contributed by atoms with Crippen LogP contribution >= 0.6 is 12.6 Å². The molecule has 0 fully saturated rings. The smallest absolute Gasteiger partial charge is 0.104 e. The third kappa shape index (κ3) is 1.30. The second-order valence-electron chi connectivity index (χ2n) is 1.53. The standard InChI is InChI=1S/C6H7OS/c8-5-3-6-2-1-4-7-6/h1-2,4H,3,5H2. The molecule has 0 saturated heterocycles. The summed E-state index contributed by atoms with van der Waals surface area (Å²) in [5.74, 6) is 1.73. The Labute approximate surface area is 54.1 Å². The van der Waals surface area contributed by atoms with Gasteiger partial charge in [-0.05, 0) is 12.1 Å². The molecule has 43 valence electrons. The molecule has 8 heavy (non-hydrogen) atoms. The fraction of sp³-hybridized carbons (Fsp3) is 0.333. The molecule has 1 radical (unpaired) electrons. The summed E-state index contributed by atoms with van der Waals surface area (Å²) in [5.41, 5.74) is 0. The van der Waals surface area contributed by atoms with Crippen LogP contribution in [0, 0.1) is 0 Å². The van der Waals surface area contributed by atoms with E-state index < -0.39 is 0 Å². The largest absolute Gasteiger partial charge is 0.469 e. The molecule has 0 spiro atoms. The maximum absolute atomic E-state index is 5.01. The van der Waals surface area contributed by atoms with Gasteiger partial charge in [-0.1, -0.05) is 12.6 Å². The van der Waals surface area contributed by atoms with Gasteiger partial charge in [0.15, 0.2) is 0 Å². The summed E-state index contributed by atoms with van der Waals surface area (Å²) in [4.78, 5) is 0. The summed E-state index contributed by atoms with van der Waals surface area (Å²) in [6.45, 7) is 0. The van der Waals surface area contributed by atoms with Crippen LogP contribution < -0.4 is 0 Å². The van der Waals surface area contributed by atoms with Crippen LogP contribution in [0.15, 0.2) is 22.8 Å². The van der Waals surface area contributed by atoms with Crippen molar-refractivity contribution in [2.45, 2.75) is 6.42 Å². The molecule has 1 aromatic heterocycles. The molecular formula is C6H7OS. The van der Waals surface area contributed by atoms with Crippen LogP contribution in [0.2, 0.25) is 0 Å². The topological polar surface area (TPSA) is 13.1 Å². The van der Waals surface area contributed by atoms with Crippen LogP contribution in [-0.4, -0.2) is 5.75 Å². The molecule has 0 aromatic carbocycles. The summed E-state index contributed by atoms with van der Waals surface area (Å²) >= 11 is 4.74. The van der Waals surface area contributed by atoms with Crippen LogP contribution in [0.1, 0.15) is 5.76 Å². The lowest BCUT2D eigenvalue weighted by Gasteiger charge is -1.84. The normalized spacial score (nSPS) is 9.62. The lowest BCUT2D eigenvalue weighted by Crippen LogP contribution is -1.78. The van der Waals surface area contributed by atoms with Gasteiger partial charge in [-0.2, -0.15) is 0 Å². The lowest BCUT2D eigenvalue weighted by molar-refractivity contribution is 0.517. The van der Waals surface area contributed by atoms with Crippen LogP contribution in [-0.2, 0) is 6.42 Å². The first-order valence-corrected chi connectivity index (χ1v) is 3.11. The SMILES string of the molecule is [S]CCc1ccco1. The van der Waals surface area contributed by atoms with Gasteiger partial charge in [0.05, 0.1) is 6.26 Å². The minimum atomic E-state index is 0.744. The van der Waals surface area contributed by atoms with E-state index in [1.165, 1.54) is 0 Å². The van der Waals surface area contributed by atoms with E-state index in [9.17, 15) is 0 Å². The average molecular weight is 127 g/mol. The molecule has 0 aliphatic carbocycles. The second-order valence-corrected chi connectivity index (χ2v) is 1.94. The van der Waals surface area contributed by atoms with Gasteiger partial charge < -0.3 is 4.42 Å². The molecule has 0 amide bonds. The molecule has 1 aromatic rings. The molecule has 0 unspecified atom stereocenters. The van der Waals surface area contributed by atoms with E-state index >= 15 is 0 Å². The predicted molar refractivity (Wildman–Crippen MR) is 34.9 cm³/mol. The zero-order valence-electron chi connectivity index (χ0n) is 4.46. The van der Waals surface area contributed by atoms with Crippen molar-refractivity contribution in [3.63, 3.8) is 0 Å². The Balaban J connectivity index is 2.50. The Bertz CT molecular complexity index is 134. The fourth-order valence-corrected chi connectivity index (χ4v) is 0.757. The number of furan rings is 1. The highest BCUT2D eigenvalue weighted by atomic mass is 32.1. The number of aryl methyl sites for hydroxylation is 1. The van der Waals surface area contributed by atoms with E-state index in [4.69, 9.17) is 17.0 Å².